The molecule has 20 heavy (non-hydrogen) atoms. The van der Waals surface area contributed by atoms with Crippen molar-refractivity contribution in [3.63, 3.8) is 0 Å². The Morgan fingerprint density at radius 2 is 2.10 bits per heavy atom. The summed E-state index contributed by atoms with van der Waals surface area (Å²) >= 11 is 0. The number of anilines is 1. The lowest BCUT2D eigenvalue weighted by Gasteiger charge is -2.33. The molecule has 0 aromatic carbocycles. The zero-order chi connectivity index (χ0) is 13.9. The number of amides is 1. The molecule has 0 aliphatic carbocycles. The minimum atomic E-state index is -0.507. The van der Waals surface area contributed by atoms with E-state index in [2.05, 4.69) is 4.98 Å². The van der Waals surface area contributed by atoms with E-state index in [1.807, 2.05) is 9.80 Å². The van der Waals surface area contributed by atoms with Crippen LogP contribution in [0.25, 0.3) is 0 Å². The minimum Gasteiger partial charge on any atom is -0.378 e. The molecule has 0 radical (unpaired) electrons. The van der Waals surface area contributed by atoms with Gasteiger partial charge in [0.05, 0.1) is 13.2 Å². The normalized spacial score (nSPS) is 23.1. The topological polar surface area (TPSA) is 45.7 Å². The van der Waals surface area contributed by atoms with Crippen LogP contribution >= 0.6 is 0 Å². The molecular weight excluding hydrogens is 261 g/mol. The smallest absolute Gasteiger partial charge is 0.245 e. The van der Waals surface area contributed by atoms with E-state index in [-0.39, 0.29) is 11.9 Å². The molecule has 108 valence electrons. The fourth-order valence-corrected chi connectivity index (χ4v) is 2.85. The molecule has 1 atom stereocenters. The van der Waals surface area contributed by atoms with Gasteiger partial charge in [-0.2, -0.15) is 4.39 Å². The average molecular weight is 279 g/mol. The number of hydrogen-bond donors (Lipinski definition) is 0. The first-order valence-corrected chi connectivity index (χ1v) is 7.01. The summed E-state index contributed by atoms with van der Waals surface area (Å²) in [6, 6.07) is 4.49. The molecule has 2 aliphatic heterocycles. The molecule has 0 saturated carbocycles. The number of ether oxygens (including phenoxy) is 1. The molecule has 2 saturated heterocycles. The second kappa shape index (κ2) is 5.75. The molecular formula is C14H18FN3O2. The highest BCUT2D eigenvalue weighted by molar-refractivity contribution is 5.85. The van der Waals surface area contributed by atoms with E-state index in [1.165, 1.54) is 6.07 Å². The van der Waals surface area contributed by atoms with Crippen LogP contribution in [-0.4, -0.2) is 54.7 Å². The Balaban J connectivity index is 1.76. The van der Waals surface area contributed by atoms with Gasteiger partial charge < -0.3 is 14.5 Å². The Bertz CT molecular complexity index is 491. The first-order chi connectivity index (χ1) is 9.75. The highest BCUT2D eigenvalue weighted by atomic mass is 19.1. The maximum absolute atomic E-state index is 13.3. The molecule has 6 heteroatoms. The highest BCUT2D eigenvalue weighted by Crippen LogP contribution is 2.25. The molecule has 2 aliphatic rings. The van der Waals surface area contributed by atoms with Crippen molar-refractivity contribution in [1.29, 1.82) is 0 Å². The summed E-state index contributed by atoms with van der Waals surface area (Å²) in [4.78, 5) is 20.2. The summed E-state index contributed by atoms with van der Waals surface area (Å²) in [6.45, 7) is 3.21. The lowest BCUT2D eigenvalue weighted by molar-refractivity contribution is -0.136. The van der Waals surface area contributed by atoms with Gasteiger partial charge in [-0.15, -0.1) is 0 Å². The number of rotatable bonds is 2. The lowest BCUT2D eigenvalue weighted by Crippen LogP contribution is -2.50. The molecule has 3 heterocycles. The van der Waals surface area contributed by atoms with Gasteiger partial charge >= 0.3 is 0 Å². The Morgan fingerprint density at radius 3 is 2.85 bits per heavy atom. The van der Waals surface area contributed by atoms with Gasteiger partial charge in [0.1, 0.15) is 11.9 Å². The third kappa shape index (κ3) is 2.60. The Labute approximate surface area is 117 Å². The van der Waals surface area contributed by atoms with E-state index < -0.39 is 5.95 Å². The van der Waals surface area contributed by atoms with Gasteiger partial charge in [0.2, 0.25) is 11.9 Å². The molecule has 5 nitrogen and oxygen atoms in total. The zero-order valence-corrected chi connectivity index (χ0v) is 11.3. The van der Waals surface area contributed by atoms with Gasteiger partial charge in [-0.25, -0.2) is 4.98 Å². The monoisotopic (exact) mass is 279 g/mol. The van der Waals surface area contributed by atoms with E-state index in [0.29, 0.717) is 32.1 Å². The van der Waals surface area contributed by atoms with Crippen LogP contribution in [0.2, 0.25) is 0 Å². The van der Waals surface area contributed by atoms with E-state index in [0.717, 1.165) is 19.4 Å². The Morgan fingerprint density at radius 1 is 1.30 bits per heavy atom. The number of carbonyl (C=O) groups is 1. The molecule has 1 amide bonds. The van der Waals surface area contributed by atoms with E-state index in [9.17, 15) is 9.18 Å². The molecule has 0 N–H and O–H groups in total. The fourth-order valence-electron chi connectivity index (χ4n) is 2.85. The molecule has 1 aromatic rings. The summed E-state index contributed by atoms with van der Waals surface area (Å²) < 4.78 is 18.5. The summed E-state index contributed by atoms with van der Waals surface area (Å²) in [5.41, 5.74) is 0. The summed E-state index contributed by atoms with van der Waals surface area (Å²) in [7, 11) is 0. The van der Waals surface area contributed by atoms with Gasteiger partial charge in [0.25, 0.3) is 0 Å². The third-order valence-corrected chi connectivity index (χ3v) is 3.86. The first kappa shape index (κ1) is 13.3. The van der Waals surface area contributed by atoms with Gasteiger partial charge in [-0.05, 0) is 25.0 Å². The van der Waals surface area contributed by atoms with E-state index >= 15 is 0 Å². The van der Waals surface area contributed by atoms with Crippen molar-refractivity contribution in [2.24, 2.45) is 0 Å². The molecule has 1 aromatic heterocycles. The molecule has 0 spiro atoms. The lowest BCUT2D eigenvalue weighted by atomic mass is 10.2. The number of aromatic nitrogens is 1. The van der Waals surface area contributed by atoms with Crippen molar-refractivity contribution in [1.82, 2.24) is 9.88 Å². The van der Waals surface area contributed by atoms with Gasteiger partial charge in [-0.3, -0.25) is 4.79 Å². The van der Waals surface area contributed by atoms with Crippen LogP contribution in [0.4, 0.5) is 10.2 Å². The van der Waals surface area contributed by atoms with E-state index in [4.69, 9.17) is 4.74 Å². The number of carbonyl (C=O) groups excluding carboxylic acids is 1. The predicted molar refractivity (Wildman–Crippen MR) is 72.0 cm³/mol. The van der Waals surface area contributed by atoms with Crippen molar-refractivity contribution >= 4 is 11.7 Å². The standard InChI is InChI=1S/C14H18FN3O2/c15-12-4-1-5-13(16-12)18-6-2-3-11(18)14(19)17-7-9-20-10-8-17/h1,4-5,11H,2-3,6-10H2. The van der Waals surface area contributed by atoms with Crippen LogP contribution in [0.5, 0.6) is 0 Å². The quantitative estimate of drug-likeness (QED) is 0.759. The first-order valence-electron chi connectivity index (χ1n) is 7.01. The van der Waals surface area contributed by atoms with Crippen LogP contribution in [0.3, 0.4) is 0 Å². The van der Waals surface area contributed by atoms with Crippen LogP contribution in [0.1, 0.15) is 12.8 Å². The fraction of sp³-hybridized carbons (Fsp3) is 0.571. The second-order valence-electron chi connectivity index (χ2n) is 5.11. The number of morpholine rings is 1. The third-order valence-electron chi connectivity index (χ3n) is 3.86. The Kier molecular flexibility index (Phi) is 3.82. The number of pyridine rings is 1. The van der Waals surface area contributed by atoms with Crippen LogP contribution in [-0.2, 0) is 9.53 Å². The maximum Gasteiger partial charge on any atom is 0.245 e. The van der Waals surface area contributed by atoms with Gasteiger partial charge in [0, 0.05) is 19.6 Å². The minimum absolute atomic E-state index is 0.108. The largest absolute Gasteiger partial charge is 0.378 e. The van der Waals surface area contributed by atoms with Gasteiger partial charge in [-0.1, -0.05) is 6.07 Å². The molecule has 1 unspecified atom stereocenters. The maximum atomic E-state index is 13.3. The summed E-state index contributed by atoms with van der Waals surface area (Å²) in [6.07, 6.45) is 1.73. The number of nitrogens with zero attached hydrogens (tertiary/aromatic N) is 3. The number of hydrogen-bond acceptors (Lipinski definition) is 4. The SMILES string of the molecule is O=C(C1CCCN1c1cccc(F)n1)N1CCOCC1. The van der Waals surface area contributed by atoms with Crippen LogP contribution in [0, 0.1) is 5.95 Å². The number of halogens is 1. The molecule has 2 fully saturated rings. The highest BCUT2D eigenvalue weighted by Gasteiger charge is 2.35. The van der Waals surface area contributed by atoms with Crippen molar-refractivity contribution in [2.45, 2.75) is 18.9 Å². The average Bonchev–Trinajstić information content (AvgIpc) is 2.97. The molecule has 0 bridgehead atoms. The van der Waals surface area contributed by atoms with Crippen LogP contribution in [0.15, 0.2) is 18.2 Å². The van der Waals surface area contributed by atoms with Crippen molar-refractivity contribution < 1.29 is 13.9 Å². The second-order valence-corrected chi connectivity index (χ2v) is 5.11. The predicted octanol–water partition coefficient (Wildman–Crippen LogP) is 1.05. The summed E-state index contributed by atoms with van der Waals surface area (Å²) in [5, 5.41) is 0. The van der Waals surface area contributed by atoms with Crippen molar-refractivity contribution in [3.05, 3.63) is 24.1 Å². The summed E-state index contributed by atoms with van der Waals surface area (Å²) in [5.74, 6) is 0.151. The van der Waals surface area contributed by atoms with Crippen molar-refractivity contribution in [2.75, 3.05) is 37.7 Å². The van der Waals surface area contributed by atoms with Crippen molar-refractivity contribution in [3.8, 4) is 0 Å². The zero-order valence-electron chi connectivity index (χ0n) is 11.3. The van der Waals surface area contributed by atoms with Crippen LogP contribution < -0.4 is 4.90 Å². The molecule has 3 rings (SSSR count). The van der Waals surface area contributed by atoms with Gasteiger partial charge in [0.15, 0.2) is 0 Å². The van der Waals surface area contributed by atoms with E-state index in [1.54, 1.807) is 12.1 Å². The Hall–Kier alpha value is -1.69.